The molecule has 1 N–H and O–H groups in total. The number of rotatable bonds is 5. The molecule has 0 radical (unpaired) electrons. The zero-order valence-electron chi connectivity index (χ0n) is 13.8. The van der Waals surface area contributed by atoms with Crippen molar-refractivity contribution < 1.29 is 18.7 Å². The van der Waals surface area contributed by atoms with E-state index in [9.17, 15) is 14.0 Å². The number of amides is 2. The molecule has 2 rings (SSSR count). The summed E-state index contributed by atoms with van der Waals surface area (Å²) >= 11 is 0. The highest BCUT2D eigenvalue weighted by Crippen LogP contribution is 2.18. The van der Waals surface area contributed by atoms with Gasteiger partial charge in [-0.3, -0.25) is 9.59 Å². The number of halogens is 1. The van der Waals surface area contributed by atoms with Crippen LogP contribution in [0, 0.1) is 12.7 Å². The molecule has 24 heavy (non-hydrogen) atoms. The largest absolute Gasteiger partial charge is 0.494 e. The number of ether oxygens (including phenoxy) is 1. The van der Waals surface area contributed by atoms with Crippen molar-refractivity contribution in [2.45, 2.75) is 6.92 Å². The molecule has 0 aliphatic rings. The van der Waals surface area contributed by atoms with Gasteiger partial charge in [0.1, 0.15) is 0 Å². The van der Waals surface area contributed by atoms with E-state index >= 15 is 0 Å². The van der Waals surface area contributed by atoms with Gasteiger partial charge in [-0.05, 0) is 37.3 Å². The van der Waals surface area contributed by atoms with Gasteiger partial charge < -0.3 is 15.0 Å². The van der Waals surface area contributed by atoms with E-state index in [1.165, 1.54) is 31.2 Å². The molecule has 0 aliphatic carbocycles. The van der Waals surface area contributed by atoms with Crippen molar-refractivity contribution in [2.24, 2.45) is 0 Å². The maximum Gasteiger partial charge on any atom is 0.254 e. The van der Waals surface area contributed by atoms with Crippen molar-refractivity contribution in [1.29, 1.82) is 0 Å². The lowest BCUT2D eigenvalue weighted by Crippen LogP contribution is -2.35. The number of aryl methyl sites for hydroxylation is 1. The third kappa shape index (κ3) is 4.32. The Balaban J connectivity index is 1.99. The number of anilines is 1. The van der Waals surface area contributed by atoms with Crippen LogP contribution in [0.3, 0.4) is 0 Å². The summed E-state index contributed by atoms with van der Waals surface area (Å²) in [6, 6.07) is 11.3. The van der Waals surface area contributed by atoms with E-state index < -0.39 is 11.7 Å². The van der Waals surface area contributed by atoms with Crippen LogP contribution in [0.1, 0.15) is 15.9 Å². The quantitative estimate of drug-likeness (QED) is 0.917. The average molecular weight is 330 g/mol. The molecule has 0 bridgehead atoms. The van der Waals surface area contributed by atoms with Crippen LogP contribution in [0.15, 0.2) is 42.5 Å². The molecule has 0 aliphatic heterocycles. The molecule has 0 fully saturated rings. The molecule has 2 aromatic carbocycles. The second kappa shape index (κ2) is 7.59. The maximum absolute atomic E-state index is 13.7. The average Bonchev–Trinajstić information content (AvgIpc) is 2.56. The first kappa shape index (κ1) is 17.5. The van der Waals surface area contributed by atoms with Crippen molar-refractivity contribution in [3.05, 3.63) is 59.4 Å². The molecule has 2 aromatic rings. The van der Waals surface area contributed by atoms with Gasteiger partial charge in [-0.1, -0.05) is 17.7 Å². The molecular weight excluding hydrogens is 311 g/mol. The summed E-state index contributed by atoms with van der Waals surface area (Å²) in [5.41, 5.74) is 1.89. The van der Waals surface area contributed by atoms with Gasteiger partial charge >= 0.3 is 0 Å². The molecule has 0 saturated heterocycles. The molecule has 0 atom stereocenters. The Kier molecular flexibility index (Phi) is 5.52. The van der Waals surface area contributed by atoms with E-state index in [0.29, 0.717) is 5.69 Å². The third-order valence-corrected chi connectivity index (χ3v) is 3.46. The van der Waals surface area contributed by atoms with Gasteiger partial charge in [0.25, 0.3) is 5.91 Å². The van der Waals surface area contributed by atoms with Gasteiger partial charge in [0.15, 0.2) is 11.6 Å². The Morgan fingerprint density at radius 2 is 1.83 bits per heavy atom. The van der Waals surface area contributed by atoms with Crippen molar-refractivity contribution in [3.63, 3.8) is 0 Å². The summed E-state index contributed by atoms with van der Waals surface area (Å²) in [7, 11) is 2.83. The zero-order valence-corrected chi connectivity index (χ0v) is 13.8. The Labute approximate surface area is 140 Å². The number of benzene rings is 2. The van der Waals surface area contributed by atoms with Crippen LogP contribution in [-0.4, -0.2) is 37.4 Å². The van der Waals surface area contributed by atoms with Crippen LogP contribution in [0.5, 0.6) is 5.75 Å². The van der Waals surface area contributed by atoms with Crippen LogP contribution < -0.4 is 10.1 Å². The number of likely N-dealkylation sites (N-methyl/N-ethyl adjacent to an activating group) is 1. The van der Waals surface area contributed by atoms with Crippen LogP contribution >= 0.6 is 0 Å². The van der Waals surface area contributed by atoms with Crippen LogP contribution in [-0.2, 0) is 4.79 Å². The van der Waals surface area contributed by atoms with Gasteiger partial charge in [0.2, 0.25) is 5.91 Å². The highest BCUT2D eigenvalue weighted by atomic mass is 19.1. The first-order chi connectivity index (χ1) is 11.4. The number of nitrogens with one attached hydrogen (secondary N) is 1. The van der Waals surface area contributed by atoms with Crippen molar-refractivity contribution in [1.82, 2.24) is 4.90 Å². The van der Waals surface area contributed by atoms with E-state index in [2.05, 4.69) is 5.32 Å². The van der Waals surface area contributed by atoms with Gasteiger partial charge in [-0.15, -0.1) is 0 Å². The Hall–Kier alpha value is -2.89. The molecule has 6 heteroatoms. The fourth-order valence-corrected chi connectivity index (χ4v) is 2.14. The molecule has 126 valence electrons. The van der Waals surface area contributed by atoms with E-state index in [-0.39, 0.29) is 23.8 Å². The number of nitrogens with zero attached hydrogens (tertiary/aromatic N) is 1. The lowest BCUT2D eigenvalue weighted by molar-refractivity contribution is -0.116. The molecule has 0 aromatic heterocycles. The number of hydrogen-bond acceptors (Lipinski definition) is 3. The molecule has 5 nitrogen and oxygen atoms in total. The highest BCUT2D eigenvalue weighted by molar-refractivity contribution is 5.99. The van der Waals surface area contributed by atoms with Crippen LogP contribution in [0.4, 0.5) is 10.1 Å². The minimum atomic E-state index is -0.624. The number of carbonyl (C=O) groups is 2. The topological polar surface area (TPSA) is 58.6 Å². The second-order valence-electron chi connectivity index (χ2n) is 5.42. The summed E-state index contributed by atoms with van der Waals surface area (Å²) < 4.78 is 18.5. The summed E-state index contributed by atoms with van der Waals surface area (Å²) in [5.74, 6) is -1.34. The van der Waals surface area contributed by atoms with Gasteiger partial charge in [0.05, 0.1) is 13.7 Å². The van der Waals surface area contributed by atoms with E-state index in [4.69, 9.17) is 4.74 Å². The first-order valence-corrected chi connectivity index (χ1v) is 7.36. The Morgan fingerprint density at radius 1 is 1.17 bits per heavy atom. The molecule has 0 saturated carbocycles. The summed E-state index contributed by atoms with van der Waals surface area (Å²) in [6.45, 7) is 1.81. The smallest absolute Gasteiger partial charge is 0.254 e. The van der Waals surface area contributed by atoms with Crippen molar-refractivity contribution in [2.75, 3.05) is 26.0 Å². The fraction of sp³-hybridized carbons (Fsp3) is 0.222. The minimum Gasteiger partial charge on any atom is -0.494 e. The predicted molar refractivity (Wildman–Crippen MR) is 89.7 cm³/mol. The molecule has 0 heterocycles. The molecular formula is C18H19FN2O3. The SMILES string of the molecule is COc1ccc(C(=O)N(C)CC(=O)Nc2ccc(C)cc2)cc1F. The number of hydrogen-bond donors (Lipinski definition) is 1. The van der Waals surface area contributed by atoms with Crippen LogP contribution in [0.25, 0.3) is 0 Å². The lowest BCUT2D eigenvalue weighted by Gasteiger charge is -2.17. The number of methoxy groups -OCH3 is 1. The second-order valence-corrected chi connectivity index (χ2v) is 5.42. The molecule has 0 unspecified atom stereocenters. The lowest BCUT2D eigenvalue weighted by atomic mass is 10.2. The van der Waals surface area contributed by atoms with E-state index in [1.807, 2.05) is 19.1 Å². The Bertz CT molecular complexity index is 744. The van der Waals surface area contributed by atoms with E-state index in [0.717, 1.165) is 11.6 Å². The third-order valence-electron chi connectivity index (χ3n) is 3.46. The molecule has 2 amide bonds. The standard InChI is InChI=1S/C18H19FN2O3/c1-12-4-7-14(8-5-12)20-17(22)11-21(2)18(23)13-6-9-16(24-3)15(19)10-13/h4-10H,11H2,1-3H3,(H,20,22). The van der Waals surface area contributed by atoms with Gasteiger partial charge in [-0.25, -0.2) is 4.39 Å². The highest BCUT2D eigenvalue weighted by Gasteiger charge is 2.17. The monoisotopic (exact) mass is 330 g/mol. The van der Waals surface area contributed by atoms with Gasteiger partial charge in [-0.2, -0.15) is 0 Å². The predicted octanol–water partition coefficient (Wildman–Crippen LogP) is 2.85. The number of carbonyl (C=O) groups excluding carboxylic acids is 2. The maximum atomic E-state index is 13.7. The summed E-state index contributed by atoms with van der Waals surface area (Å²) in [5, 5.41) is 2.71. The summed E-state index contributed by atoms with van der Waals surface area (Å²) in [4.78, 5) is 25.5. The van der Waals surface area contributed by atoms with Crippen molar-refractivity contribution in [3.8, 4) is 5.75 Å². The van der Waals surface area contributed by atoms with Gasteiger partial charge in [0, 0.05) is 18.3 Å². The molecule has 0 spiro atoms. The van der Waals surface area contributed by atoms with Crippen LogP contribution in [0.2, 0.25) is 0 Å². The normalized spacial score (nSPS) is 10.2. The first-order valence-electron chi connectivity index (χ1n) is 7.36. The van der Waals surface area contributed by atoms with Crippen molar-refractivity contribution >= 4 is 17.5 Å². The summed E-state index contributed by atoms with van der Waals surface area (Å²) in [6.07, 6.45) is 0. The zero-order chi connectivity index (χ0) is 17.7. The fourth-order valence-electron chi connectivity index (χ4n) is 2.14. The minimum absolute atomic E-state index is 0.0614. The van der Waals surface area contributed by atoms with E-state index in [1.54, 1.807) is 12.1 Å². The Morgan fingerprint density at radius 3 is 2.42 bits per heavy atom.